The average Bonchev–Trinajstić information content (AvgIpc) is 3.04. The number of aryl methyl sites for hydroxylation is 2. The summed E-state index contributed by atoms with van der Waals surface area (Å²) in [6.07, 6.45) is -0.936. The van der Waals surface area contributed by atoms with E-state index in [1.54, 1.807) is 12.4 Å². The first-order valence-electron chi connectivity index (χ1n) is 7.59. The first-order chi connectivity index (χ1) is 11.8. The minimum Gasteiger partial charge on any atom is -0.364 e. The third kappa shape index (κ3) is 3.96. The Balaban J connectivity index is 1.68. The van der Waals surface area contributed by atoms with Gasteiger partial charge in [-0.3, -0.25) is 0 Å². The van der Waals surface area contributed by atoms with Gasteiger partial charge in [0.05, 0.1) is 23.1 Å². The quantitative estimate of drug-likeness (QED) is 0.777. The summed E-state index contributed by atoms with van der Waals surface area (Å²) in [4.78, 5) is 0. The fraction of sp³-hybridized carbons (Fsp3) is 0.235. The highest BCUT2D eigenvalue weighted by atomic mass is 19.4. The number of nitrogens with zero attached hydrogens (tertiary/aromatic N) is 4. The fourth-order valence-corrected chi connectivity index (χ4v) is 2.22. The molecule has 25 heavy (non-hydrogen) atoms. The van der Waals surface area contributed by atoms with Crippen LogP contribution in [0.3, 0.4) is 0 Å². The average molecular weight is 347 g/mol. The van der Waals surface area contributed by atoms with Crippen LogP contribution in [0.15, 0.2) is 42.7 Å². The van der Waals surface area contributed by atoms with Crippen molar-refractivity contribution in [1.29, 1.82) is 0 Å². The lowest BCUT2D eigenvalue weighted by molar-refractivity contribution is -0.137. The lowest BCUT2D eigenvalue weighted by atomic mass is 10.2. The molecule has 3 rings (SSSR count). The third-order valence-corrected chi connectivity index (χ3v) is 3.80. The van der Waals surface area contributed by atoms with Crippen LogP contribution in [0.1, 0.15) is 22.4 Å². The van der Waals surface area contributed by atoms with Crippen LogP contribution < -0.4 is 5.32 Å². The van der Waals surface area contributed by atoms with Gasteiger partial charge in [-0.1, -0.05) is 0 Å². The van der Waals surface area contributed by atoms with Gasteiger partial charge in [-0.25, -0.2) is 4.68 Å². The number of nitrogens with one attached hydrogen (secondary N) is 1. The smallest absolute Gasteiger partial charge is 0.364 e. The Hall–Kier alpha value is -2.90. The van der Waals surface area contributed by atoms with Crippen LogP contribution >= 0.6 is 0 Å². The minimum atomic E-state index is -4.34. The lowest BCUT2D eigenvalue weighted by Crippen LogP contribution is -2.05. The summed E-state index contributed by atoms with van der Waals surface area (Å²) in [5.74, 6) is 0.658. The summed E-state index contributed by atoms with van der Waals surface area (Å²) in [7, 11) is 0. The molecule has 130 valence electrons. The SMILES string of the molecule is Cc1cc(NCc2cnn(-c3ccc(C(F)(F)F)cc3)c2)nnc1C. The molecule has 0 aliphatic heterocycles. The van der Waals surface area contributed by atoms with E-state index < -0.39 is 11.7 Å². The van der Waals surface area contributed by atoms with Crippen LogP contribution in [0.5, 0.6) is 0 Å². The standard InChI is InChI=1S/C17H16F3N5/c1-11-7-16(24-23-12(11)2)21-8-13-9-22-25(10-13)15-5-3-14(4-6-15)17(18,19)20/h3-7,9-10H,8H2,1-2H3,(H,21,24). The highest BCUT2D eigenvalue weighted by molar-refractivity contribution is 5.39. The maximum Gasteiger partial charge on any atom is 0.416 e. The molecule has 3 aromatic rings. The second-order valence-electron chi connectivity index (χ2n) is 5.69. The number of rotatable bonds is 4. The van der Waals surface area contributed by atoms with Crippen LogP contribution in [0.4, 0.5) is 19.0 Å². The molecule has 0 aliphatic carbocycles. The summed E-state index contributed by atoms with van der Waals surface area (Å²) in [5, 5.41) is 15.4. The molecule has 0 aliphatic rings. The molecule has 0 amide bonds. The third-order valence-electron chi connectivity index (χ3n) is 3.80. The molecule has 0 saturated carbocycles. The molecule has 5 nitrogen and oxygen atoms in total. The van der Waals surface area contributed by atoms with Crippen molar-refractivity contribution in [2.75, 3.05) is 5.32 Å². The summed E-state index contributed by atoms with van der Waals surface area (Å²) in [6.45, 7) is 4.33. The maximum absolute atomic E-state index is 12.6. The van der Waals surface area contributed by atoms with Gasteiger partial charge in [0.1, 0.15) is 5.82 Å². The molecule has 8 heteroatoms. The van der Waals surface area contributed by atoms with Gasteiger partial charge in [0.15, 0.2) is 0 Å². The topological polar surface area (TPSA) is 55.6 Å². The van der Waals surface area contributed by atoms with E-state index in [-0.39, 0.29) is 0 Å². The summed E-state index contributed by atoms with van der Waals surface area (Å²) < 4.78 is 39.3. The fourth-order valence-electron chi connectivity index (χ4n) is 2.22. The normalized spacial score (nSPS) is 11.6. The first-order valence-corrected chi connectivity index (χ1v) is 7.59. The number of hydrogen-bond donors (Lipinski definition) is 1. The van der Waals surface area contributed by atoms with Crippen LogP contribution in [-0.4, -0.2) is 20.0 Å². The van der Waals surface area contributed by atoms with Gasteiger partial charge in [0.25, 0.3) is 0 Å². The zero-order valence-electron chi connectivity index (χ0n) is 13.7. The largest absolute Gasteiger partial charge is 0.416 e. The van der Waals surface area contributed by atoms with Crippen molar-refractivity contribution < 1.29 is 13.2 Å². The Labute approximate surface area is 142 Å². The lowest BCUT2D eigenvalue weighted by Gasteiger charge is -2.07. The summed E-state index contributed by atoms with van der Waals surface area (Å²) in [6, 6.07) is 6.77. The molecule has 0 spiro atoms. The summed E-state index contributed by atoms with van der Waals surface area (Å²) >= 11 is 0. The Morgan fingerprint density at radius 3 is 2.44 bits per heavy atom. The van der Waals surface area contributed by atoms with Gasteiger partial charge >= 0.3 is 6.18 Å². The molecular weight excluding hydrogens is 331 g/mol. The van der Waals surface area contributed by atoms with Gasteiger partial charge in [0, 0.05) is 18.3 Å². The number of alkyl halides is 3. The van der Waals surface area contributed by atoms with Crippen molar-refractivity contribution in [3.63, 3.8) is 0 Å². The highest BCUT2D eigenvalue weighted by Gasteiger charge is 2.30. The zero-order valence-corrected chi connectivity index (χ0v) is 13.7. The van der Waals surface area contributed by atoms with Crippen molar-refractivity contribution in [2.45, 2.75) is 26.6 Å². The van der Waals surface area contributed by atoms with E-state index in [0.717, 1.165) is 29.0 Å². The number of hydrogen-bond acceptors (Lipinski definition) is 4. The van der Waals surface area contributed by atoms with Gasteiger partial charge in [-0.15, -0.1) is 5.10 Å². The Morgan fingerprint density at radius 1 is 1.08 bits per heavy atom. The first kappa shape index (κ1) is 16.9. The van der Waals surface area contributed by atoms with Crippen LogP contribution in [-0.2, 0) is 12.7 Å². The number of anilines is 1. The second-order valence-corrected chi connectivity index (χ2v) is 5.69. The molecule has 0 bridgehead atoms. The molecule has 2 heterocycles. The number of aromatic nitrogens is 4. The van der Waals surface area contributed by atoms with E-state index >= 15 is 0 Å². The van der Waals surface area contributed by atoms with E-state index in [1.165, 1.54) is 16.8 Å². The van der Waals surface area contributed by atoms with E-state index in [0.29, 0.717) is 18.1 Å². The molecule has 2 aromatic heterocycles. The Bertz CT molecular complexity index is 869. The number of halogens is 3. The minimum absolute atomic E-state index is 0.484. The molecule has 1 aromatic carbocycles. The highest BCUT2D eigenvalue weighted by Crippen LogP contribution is 2.29. The monoisotopic (exact) mass is 347 g/mol. The van der Waals surface area contributed by atoms with Crippen LogP contribution in [0.2, 0.25) is 0 Å². The van der Waals surface area contributed by atoms with Gasteiger partial charge in [-0.2, -0.15) is 23.4 Å². The summed E-state index contributed by atoms with van der Waals surface area (Å²) in [5.41, 5.74) is 2.67. The van der Waals surface area contributed by atoms with E-state index in [4.69, 9.17) is 0 Å². The van der Waals surface area contributed by atoms with Crippen molar-refractivity contribution in [3.8, 4) is 5.69 Å². The van der Waals surface area contributed by atoms with Crippen molar-refractivity contribution in [1.82, 2.24) is 20.0 Å². The van der Waals surface area contributed by atoms with Gasteiger partial charge in [-0.05, 0) is 49.7 Å². The molecule has 0 fully saturated rings. The maximum atomic E-state index is 12.6. The van der Waals surface area contributed by atoms with E-state index in [9.17, 15) is 13.2 Å². The molecule has 0 radical (unpaired) electrons. The predicted molar refractivity (Wildman–Crippen MR) is 87.4 cm³/mol. The number of benzene rings is 1. The van der Waals surface area contributed by atoms with Gasteiger partial charge < -0.3 is 5.32 Å². The molecule has 0 saturated heterocycles. The van der Waals surface area contributed by atoms with Crippen LogP contribution in [0.25, 0.3) is 5.69 Å². The zero-order chi connectivity index (χ0) is 18.0. The van der Waals surface area contributed by atoms with E-state index in [2.05, 4.69) is 20.6 Å². The van der Waals surface area contributed by atoms with E-state index in [1.807, 2.05) is 19.9 Å². The van der Waals surface area contributed by atoms with Crippen molar-refractivity contribution >= 4 is 5.82 Å². The molecule has 0 unspecified atom stereocenters. The Morgan fingerprint density at radius 2 is 1.80 bits per heavy atom. The predicted octanol–water partition coefficient (Wildman–Crippen LogP) is 3.91. The second kappa shape index (κ2) is 6.54. The molecule has 0 atom stereocenters. The molecule has 1 N–H and O–H groups in total. The van der Waals surface area contributed by atoms with Crippen LogP contribution in [0, 0.1) is 13.8 Å². The van der Waals surface area contributed by atoms with Gasteiger partial charge in [0.2, 0.25) is 0 Å². The van der Waals surface area contributed by atoms with Crippen molar-refractivity contribution in [3.05, 3.63) is 65.1 Å². The van der Waals surface area contributed by atoms with Crippen molar-refractivity contribution in [2.24, 2.45) is 0 Å². The molecular formula is C17H16F3N5. The Kier molecular flexibility index (Phi) is 4.43.